The van der Waals surface area contributed by atoms with E-state index in [0.717, 1.165) is 6.42 Å². The molecule has 0 fully saturated rings. The van der Waals surface area contributed by atoms with Gasteiger partial charge in [0.05, 0.1) is 0 Å². The minimum absolute atomic E-state index is 0.423. The standard InChI is InChI=1S/C12H21NS.C6H6Cl8O/c1-2-3-4-5-6-7-8-9-10-11-14-12-13;1-2-3(7)15-6(13,14)4(8,9)5(10,11)12/h10-11H,2-9H2,1H3;3H,2H2,1H3. The fraction of sp³-hybridized carbons (Fsp3) is 0.833. The maximum atomic E-state index is 8.25. The van der Waals surface area contributed by atoms with Crippen LogP contribution in [0.3, 0.4) is 0 Å². The molecule has 0 heterocycles. The highest BCUT2D eigenvalue weighted by Crippen LogP contribution is 2.57. The van der Waals surface area contributed by atoms with Crippen LogP contribution in [-0.2, 0) is 4.74 Å². The molecule has 29 heavy (non-hydrogen) atoms. The molecule has 0 aliphatic rings. The molecule has 0 amide bonds. The van der Waals surface area contributed by atoms with Gasteiger partial charge in [0.15, 0.2) is 0 Å². The lowest BCUT2D eigenvalue weighted by Gasteiger charge is -2.37. The van der Waals surface area contributed by atoms with E-state index in [1.807, 2.05) is 10.8 Å². The van der Waals surface area contributed by atoms with E-state index in [1.54, 1.807) is 6.92 Å². The molecular formula is C18H27Cl8NOS. The van der Waals surface area contributed by atoms with Crippen LogP contribution in [0, 0.1) is 10.7 Å². The summed E-state index contributed by atoms with van der Waals surface area (Å²) >= 11 is 46.3. The topological polar surface area (TPSA) is 33.0 Å². The molecule has 172 valence electrons. The summed E-state index contributed by atoms with van der Waals surface area (Å²) in [5.41, 5.74) is -0.802. The molecule has 0 saturated carbocycles. The molecule has 11 heteroatoms. The van der Waals surface area contributed by atoms with E-state index < -0.39 is 18.2 Å². The van der Waals surface area contributed by atoms with Gasteiger partial charge in [0.2, 0.25) is 8.13 Å². The number of allylic oxidation sites excluding steroid dienone is 1. The molecule has 0 rings (SSSR count). The quantitative estimate of drug-likeness (QED) is 0.122. The number of nitriles is 1. The zero-order chi connectivity index (χ0) is 23.0. The Bertz CT molecular complexity index is 477. The van der Waals surface area contributed by atoms with Crippen molar-refractivity contribution in [3.63, 3.8) is 0 Å². The minimum atomic E-state index is -2.17. The van der Waals surface area contributed by atoms with Crippen molar-refractivity contribution in [2.24, 2.45) is 0 Å². The van der Waals surface area contributed by atoms with Crippen molar-refractivity contribution in [2.45, 2.75) is 89.8 Å². The van der Waals surface area contributed by atoms with Crippen molar-refractivity contribution in [3.8, 4) is 5.40 Å². The highest BCUT2D eigenvalue weighted by atomic mass is 35.6. The molecule has 0 spiro atoms. The second-order valence-corrected chi connectivity index (χ2v) is 12.1. The van der Waals surface area contributed by atoms with Gasteiger partial charge in [-0.15, -0.1) is 0 Å². The summed E-state index contributed by atoms with van der Waals surface area (Å²) in [6.07, 6.45) is 13.1. The maximum Gasteiger partial charge on any atom is 0.256 e. The Morgan fingerprint density at radius 1 is 0.931 bits per heavy atom. The smallest absolute Gasteiger partial charge is 0.256 e. The van der Waals surface area contributed by atoms with Gasteiger partial charge < -0.3 is 4.74 Å². The lowest BCUT2D eigenvalue weighted by Crippen LogP contribution is -2.49. The Morgan fingerprint density at radius 3 is 1.90 bits per heavy atom. The van der Waals surface area contributed by atoms with Crippen molar-refractivity contribution in [2.75, 3.05) is 0 Å². The molecule has 0 aliphatic carbocycles. The number of ether oxygens (including phenoxy) is 1. The van der Waals surface area contributed by atoms with Gasteiger partial charge >= 0.3 is 0 Å². The van der Waals surface area contributed by atoms with E-state index in [9.17, 15) is 0 Å². The number of nitrogens with zero attached hydrogens (tertiary/aromatic N) is 1. The fourth-order valence-corrected chi connectivity index (χ4v) is 3.64. The van der Waals surface area contributed by atoms with Crippen molar-refractivity contribution in [1.82, 2.24) is 0 Å². The molecular weight excluding hydrogens is 562 g/mol. The van der Waals surface area contributed by atoms with Crippen molar-refractivity contribution in [3.05, 3.63) is 11.5 Å². The second kappa shape index (κ2) is 18.3. The van der Waals surface area contributed by atoms with Crippen molar-refractivity contribution in [1.29, 1.82) is 5.26 Å². The molecule has 0 aliphatic heterocycles. The number of alkyl halides is 8. The van der Waals surface area contributed by atoms with E-state index in [-0.39, 0.29) is 0 Å². The van der Waals surface area contributed by atoms with E-state index in [2.05, 4.69) is 13.0 Å². The van der Waals surface area contributed by atoms with Crippen LogP contribution in [-0.4, -0.2) is 18.2 Å². The van der Waals surface area contributed by atoms with Crippen LogP contribution in [0.2, 0.25) is 0 Å². The van der Waals surface area contributed by atoms with Gasteiger partial charge in [0, 0.05) is 0 Å². The summed E-state index contributed by atoms with van der Waals surface area (Å²) in [6.45, 7) is 3.98. The molecule has 1 atom stereocenters. The Balaban J connectivity index is 0. The Labute approximate surface area is 219 Å². The van der Waals surface area contributed by atoms with Crippen LogP contribution >= 0.6 is 105 Å². The van der Waals surface area contributed by atoms with Gasteiger partial charge in [-0.3, -0.25) is 0 Å². The first-order valence-electron chi connectivity index (χ1n) is 9.21. The van der Waals surface area contributed by atoms with E-state index in [1.165, 1.54) is 56.7 Å². The second-order valence-electron chi connectivity index (χ2n) is 6.02. The predicted octanol–water partition coefficient (Wildman–Crippen LogP) is 10.5. The van der Waals surface area contributed by atoms with Crippen LogP contribution in [0.1, 0.15) is 71.6 Å². The molecule has 0 bridgehead atoms. The molecule has 0 N–H and O–H groups in total. The highest BCUT2D eigenvalue weighted by Gasteiger charge is 2.61. The average molecular weight is 589 g/mol. The Kier molecular flexibility index (Phi) is 20.9. The van der Waals surface area contributed by atoms with Crippen LogP contribution in [0.15, 0.2) is 11.5 Å². The van der Waals surface area contributed by atoms with Crippen LogP contribution in [0.5, 0.6) is 0 Å². The van der Waals surface area contributed by atoms with Gasteiger partial charge in [0.25, 0.3) is 4.52 Å². The van der Waals surface area contributed by atoms with Gasteiger partial charge in [-0.05, 0) is 36.4 Å². The van der Waals surface area contributed by atoms with Crippen LogP contribution < -0.4 is 0 Å². The number of hydrogen-bond acceptors (Lipinski definition) is 3. The van der Waals surface area contributed by atoms with Crippen molar-refractivity contribution < 1.29 is 4.74 Å². The summed E-state index contributed by atoms with van der Waals surface area (Å²) < 4.78 is -1.50. The number of thioether (sulfide) groups is 1. The number of hydrogen-bond donors (Lipinski definition) is 0. The molecule has 0 radical (unpaired) electrons. The average Bonchev–Trinajstić information content (AvgIpc) is 2.62. The summed E-state index contributed by atoms with van der Waals surface area (Å²) in [6, 6.07) is 0. The molecule has 2 nitrogen and oxygen atoms in total. The highest BCUT2D eigenvalue weighted by molar-refractivity contribution is 8.06. The normalized spacial score (nSPS) is 13.7. The van der Waals surface area contributed by atoms with Crippen LogP contribution in [0.4, 0.5) is 0 Å². The lowest BCUT2D eigenvalue weighted by atomic mass is 10.1. The molecule has 1 unspecified atom stereocenters. The Hall–Kier alpha value is 1.86. The number of rotatable bonds is 13. The summed E-state index contributed by atoms with van der Waals surface area (Å²) in [5.74, 6) is 0. The third-order valence-electron chi connectivity index (χ3n) is 3.51. The third kappa shape index (κ3) is 16.2. The van der Waals surface area contributed by atoms with Gasteiger partial charge in [-0.1, -0.05) is 151 Å². The minimum Gasteiger partial charge on any atom is -0.325 e. The summed E-state index contributed by atoms with van der Waals surface area (Å²) in [4.78, 5) is 0. The first-order chi connectivity index (χ1) is 13.4. The van der Waals surface area contributed by atoms with Crippen LogP contribution in [0.25, 0.3) is 0 Å². The molecule has 0 aromatic rings. The van der Waals surface area contributed by atoms with Crippen molar-refractivity contribution >= 4 is 105 Å². The SMILES string of the molecule is CCC(Cl)OC(Cl)(Cl)C(Cl)(Cl)C(Cl)(Cl)Cl.CCCCCCCCCC=CSC#N. The number of unbranched alkanes of at least 4 members (excludes halogenated alkanes) is 7. The zero-order valence-corrected chi connectivity index (χ0v) is 23.2. The maximum absolute atomic E-state index is 8.25. The molecule has 0 aromatic heterocycles. The van der Waals surface area contributed by atoms with Gasteiger partial charge in [-0.2, -0.15) is 5.26 Å². The van der Waals surface area contributed by atoms with E-state index in [4.69, 9.17) is 103 Å². The monoisotopic (exact) mass is 585 g/mol. The number of halogens is 8. The van der Waals surface area contributed by atoms with E-state index >= 15 is 0 Å². The zero-order valence-electron chi connectivity index (χ0n) is 16.4. The number of thiocyanates is 1. The Morgan fingerprint density at radius 2 is 1.45 bits per heavy atom. The molecule has 0 aromatic carbocycles. The summed E-state index contributed by atoms with van der Waals surface area (Å²) in [7, 11) is 0. The lowest BCUT2D eigenvalue weighted by molar-refractivity contribution is 0.0425. The summed E-state index contributed by atoms with van der Waals surface area (Å²) in [5, 5.41) is 12.2. The molecule has 0 saturated heterocycles. The van der Waals surface area contributed by atoms with E-state index in [0.29, 0.717) is 6.42 Å². The van der Waals surface area contributed by atoms with Gasteiger partial charge in [-0.25, -0.2) is 0 Å². The third-order valence-corrected chi connectivity index (χ3v) is 8.00. The van der Waals surface area contributed by atoms with Gasteiger partial charge in [0.1, 0.15) is 11.0 Å². The predicted molar refractivity (Wildman–Crippen MR) is 135 cm³/mol. The first kappa shape index (κ1) is 33.0. The first-order valence-corrected chi connectivity index (χ1v) is 13.2. The fourth-order valence-electron chi connectivity index (χ4n) is 1.85. The largest absolute Gasteiger partial charge is 0.325 e.